The van der Waals surface area contributed by atoms with Gasteiger partial charge in [-0.15, -0.1) is 0 Å². The number of rotatable bonds is 6. The van der Waals surface area contributed by atoms with E-state index in [1.165, 1.54) is 0 Å². The van der Waals surface area contributed by atoms with Crippen LogP contribution in [0.4, 0.5) is 0 Å². The minimum Gasteiger partial charge on any atom is -0.475 e. The third-order valence-electron chi connectivity index (χ3n) is 3.03. The SMILES string of the molecule is Cc1cccc(C)c1OC(C)NC(C)(C)CCO. The average molecular weight is 251 g/mol. The first-order valence-corrected chi connectivity index (χ1v) is 6.47. The molecule has 0 aliphatic rings. The van der Waals surface area contributed by atoms with Crippen LogP contribution >= 0.6 is 0 Å². The minimum atomic E-state index is -0.134. The van der Waals surface area contributed by atoms with Crippen molar-refractivity contribution in [2.45, 2.75) is 52.8 Å². The monoisotopic (exact) mass is 251 g/mol. The van der Waals surface area contributed by atoms with E-state index in [9.17, 15) is 0 Å². The zero-order valence-electron chi connectivity index (χ0n) is 12.1. The van der Waals surface area contributed by atoms with Gasteiger partial charge < -0.3 is 9.84 Å². The molecule has 0 aromatic heterocycles. The second-order valence-corrected chi connectivity index (χ2v) is 5.48. The number of aliphatic hydroxyl groups is 1. The molecule has 0 heterocycles. The standard InChI is InChI=1S/C15H25NO2/c1-11-7-6-8-12(2)14(11)18-13(3)16-15(4,5)9-10-17/h6-8,13,16-17H,9-10H2,1-5H3. The Bertz CT molecular complexity index is 368. The number of hydrogen-bond acceptors (Lipinski definition) is 3. The van der Waals surface area contributed by atoms with E-state index in [0.29, 0.717) is 6.42 Å². The summed E-state index contributed by atoms with van der Waals surface area (Å²) in [6.45, 7) is 10.4. The van der Waals surface area contributed by atoms with Crippen molar-refractivity contribution in [1.82, 2.24) is 5.32 Å². The van der Waals surface area contributed by atoms with Gasteiger partial charge in [0, 0.05) is 12.1 Å². The highest BCUT2D eigenvalue weighted by atomic mass is 16.5. The van der Waals surface area contributed by atoms with Crippen LogP contribution in [-0.4, -0.2) is 23.5 Å². The third kappa shape index (κ3) is 4.31. The van der Waals surface area contributed by atoms with Gasteiger partial charge in [0.2, 0.25) is 0 Å². The molecule has 0 aliphatic carbocycles. The van der Waals surface area contributed by atoms with Crippen LogP contribution in [-0.2, 0) is 0 Å². The first-order chi connectivity index (χ1) is 8.35. The van der Waals surface area contributed by atoms with Crippen LogP contribution in [0, 0.1) is 13.8 Å². The van der Waals surface area contributed by atoms with E-state index in [1.54, 1.807) is 0 Å². The molecule has 0 aliphatic heterocycles. The number of benzene rings is 1. The van der Waals surface area contributed by atoms with Gasteiger partial charge in [0.15, 0.2) is 0 Å². The van der Waals surface area contributed by atoms with Gasteiger partial charge in [0.25, 0.3) is 0 Å². The molecular formula is C15H25NO2. The van der Waals surface area contributed by atoms with Crippen LogP contribution in [0.15, 0.2) is 18.2 Å². The van der Waals surface area contributed by atoms with Gasteiger partial charge in [-0.1, -0.05) is 18.2 Å². The minimum absolute atomic E-state index is 0.0913. The van der Waals surface area contributed by atoms with E-state index in [4.69, 9.17) is 9.84 Å². The van der Waals surface area contributed by atoms with Gasteiger partial charge in [-0.3, -0.25) is 5.32 Å². The molecular weight excluding hydrogens is 226 g/mol. The van der Waals surface area contributed by atoms with Crippen LogP contribution in [0.1, 0.15) is 38.3 Å². The fraction of sp³-hybridized carbons (Fsp3) is 0.600. The Balaban J connectivity index is 2.68. The number of aryl methyl sites for hydroxylation is 2. The van der Waals surface area contributed by atoms with Crippen LogP contribution in [0.25, 0.3) is 0 Å². The van der Waals surface area contributed by atoms with E-state index in [1.807, 2.05) is 39.0 Å². The summed E-state index contributed by atoms with van der Waals surface area (Å²) < 4.78 is 5.97. The van der Waals surface area contributed by atoms with E-state index in [-0.39, 0.29) is 18.4 Å². The van der Waals surface area contributed by atoms with Crippen LogP contribution < -0.4 is 10.1 Å². The first kappa shape index (κ1) is 15.0. The van der Waals surface area contributed by atoms with E-state index in [2.05, 4.69) is 19.2 Å². The molecule has 1 aromatic carbocycles. The largest absolute Gasteiger partial charge is 0.475 e. The molecule has 1 rings (SSSR count). The quantitative estimate of drug-likeness (QED) is 0.764. The second kappa shape index (κ2) is 6.21. The first-order valence-electron chi connectivity index (χ1n) is 6.47. The maximum absolute atomic E-state index is 9.01. The van der Waals surface area contributed by atoms with E-state index < -0.39 is 0 Å². The fourth-order valence-corrected chi connectivity index (χ4v) is 2.09. The van der Waals surface area contributed by atoms with Crippen molar-refractivity contribution in [2.75, 3.05) is 6.61 Å². The number of ether oxygens (including phenoxy) is 1. The van der Waals surface area contributed by atoms with Gasteiger partial charge in [0.1, 0.15) is 12.0 Å². The Labute approximate surface area is 110 Å². The molecule has 0 fully saturated rings. The molecule has 102 valence electrons. The summed E-state index contributed by atoms with van der Waals surface area (Å²) >= 11 is 0. The summed E-state index contributed by atoms with van der Waals surface area (Å²) in [5, 5.41) is 12.4. The Kier molecular flexibility index (Phi) is 5.17. The summed E-state index contributed by atoms with van der Waals surface area (Å²) in [4.78, 5) is 0. The third-order valence-corrected chi connectivity index (χ3v) is 3.03. The lowest BCUT2D eigenvalue weighted by Gasteiger charge is -2.30. The smallest absolute Gasteiger partial charge is 0.147 e. The number of hydrogen-bond donors (Lipinski definition) is 2. The number of nitrogens with one attached hydrogen (secondary N) is 1. The van der Waals surface area contributed by atoms with E-state index in [0.717, 1.165) is 16.9 Å². The van der Waals surface area contributed by atoms with Gasteiger partial charge in [0.05, 0.1) is 0 Å². The number of para-hydroxylation sites is 1. The molecule has 0 bridgehead atoms. The molecule has 3 nitrogen and oxygen atoms in total. The topological polar surface area (TPSA) is 41.5 Å². The molecule has 18 heavy (non-hydrogen) atoms. The average Bonchev–Trinajstić information content (AvgIpc) is 2.22. The highest BCUT2D eigenvalue weighted by Crippen LogP contribution is 2.23. The van der Waals surface area contributed by atoms with Gasteiger partial charge >= 0.3 is 0 Å². The zero-order valence-corrected chi connectivity index (χ0v) is 12.1. The molecule has 0 saturated carbocycles. The predicted octanol–water partition coefficient (Wildman–Crippen LogP) is 2.78. The number of aliphatic hydroxyl groups excluding tert-OH is 1. The summed E-state index contributed by atoms with van der Waals surface area (Å²) in [6, 6.07) is 6.13. The molecule has 1 aromatic rings. The normalized spacial score (nSPS) is 13.4. The lowest BCUT2D eigenvalue weighted by atomic mass is 10.0. The molecule has 1 unspecified atom stereocenters. The van der Waals surface area contributed by atoms with Crippen molar-refractivity contribution < 1.29 is 9.84 Å². The lowest BCUT2D eigenvalue weighted by molar-refractivity contribution is 0.123. The van der Waals surface area contributed by atoms with Crippen molar-refractivity contribution in [1.29, 1.82) is 0 Å². The second-order valence-electron chi connectivity index (χ2n) is 5.48. The maximum atomic E-state index is 9.01. The molecule has 0 saturated heterocycles. The molecule has 1 atom stereocenters. The fourth-order valence-electron chi connectivity index (χ4n) is 2.09. The Morgan fingerprint density at radius 3 is 2.33 bits per heavy atom. The highest BCUT2D eigenvalue weighted by Gasteiger charge is 2.20. The van der Waals surface area contributed by atoms with Crippen molar-refractivity contribution in [3.8, 4) is 5.75 Å². The maximum Gasteiger partial charge on any atom is 0.147 e. The Morgan fingerprint density at radius 2 is 1.83 bits per heavy atom. The van der Waals surface area contributed by atoms with Gasteiger partial charge in [-0.2, -0.15) is 0 Å². The summed E-state index contributed by atoms with van der Waals surface area (Å²) in [6.07, 6.45) is 0.610. The van der Waals surface area contributed by atoms with Crippen LogP contribution in [0.3, 0.4) is 0 Å². The molecule has 3 heteroatoms. The van der Waals surface area contributed by atoms with Crippen LogP contribution in [0.5, 0.6) is 5.75 Å². The summed E-state index contributed by atoms with van der Waals surface area (Å²) in [7, 11) is 0. The van der Waals surface area contributed by atoms with E-state index >= 15 is 0 Å². The molecule has 0 amide bonds. The highest BCUT2D eigenvalue weighted by molar-refractivity contribution is 5.39. The molecule has 0 spiro atoms. The van der Waals surface area contributed by atoms with Crippen molar-refractivity contribution in [3.63, 3.8) is 0 Å². The van der Waals surface area contributed by atoms with Gasteiger partial charge in [-0.05, 0) is 52.2 Å². The lowest BCUT2D eigenvalue weighted by Crippen LogP contribution is -2.47. The van der Waals surface area contributed by atoms with Crippen LogP contribution in [0.2, 0.25) is 0 Å². The van der Waals surface area contributed by atoms with Crippen molar-refractivity contribution in [2.24, 2.45) is 0 Å². The summed E-state index contributed by atoms with van der Waals surface area (Å²) in [5.74, 6) is 0.942. The van der Waals surface area contributed by atoms with Crippen molar-refractivity contribution >= 4 is 0 Å². The predicted molar refractivity (Wildman–Crippen MR) is 74.9 cm³/mol. The van der Waals surface area contributed by atoms with Gasteiger partial charge in [-0.25, -0.2) is 0 Å². The Hall–Kier alpha value is -1.06. The van der Waals surface area contributed by atoms with Crippen molar-refractivity contribution in [3.05, 3.63) is 29.3 Å². The Morgan fingerprint density at radius 1 is 1.28 bits per heavy atom. The molecule has 0 radical (unpaired) electrons. The summed E-state index contributed by atoms with van der Waals surface area (Å²) in [5.41, 5.74) is 2.15. The molecule has 2 N–H and O–H groups in total. The zero-order chi connectivity index (χ0) is 13.8.